The number of anilines is 2. The Morgan fingerprint density at radius 3 is 2.28 bits per heavy atom. The highest BCUT2D eigenvalue weighted by atomic mass is 15.2. The molecule has 2 N–H and O–H groups in total. The number of nitrogens with zero attached hydrogens (tertiary/aromatic N) is 3. The molecule has 0 aromatic carbocycles. The van der Waals surface area contributed by atoms with Gasteiger partial charge in [0.15, 0.2) is 0 Å². The van der Waals surface area contributed by atoms with E-state index in [0.29, 0.717) is 11.7 Å². The monoisotopic (exact) mass is 248 g/mol. The maximum atomic E-state index is 5.90. The van der Waals surface area contributed by atoms with E-state index in [1.54, 1.807) is 0 Å². The fourth-order valence-electron chi connectivity index (χ4n) is 2.37. The van der Waals surface area contributed by atoms with Crippen molar-refractivity contribution < 1.29 is 0 Å². The first-order chi connectivity index (χ1) is 8.66. The van der Waals surface area contributed by atoms with Crippen molar-refractivity contribution in [3.63, 3.8) is 0 Å². The third-order valence-corrected chi connectivity index (χ3v) is 3.45. The van der Waals surface area contributed by atoms with Crippen LogP contribution in [-0.4, -0.2) is 23.1 Å². The molecule has 100 valence electrons. The largest absolute Gasteiger partial charge is 0.384 e. The lowest BCUT2D eigenvalue weighted by atomic mass is 10.1. The maximum Gasteiger partial charge on any atom is 0.135 e. The van der Waals surface area contributed by atoms with Gasteiger partial charge < -0.3 is 10.6 Å². The Balaban J connectivity index is 2.19. The molecule has 4 heteroatoms. The normalized spacial score (nSPS) is 17.6. The van der Waals surface area contributed by atoms with Crippen LogP contribution >= 0.6 is 0 Å². The first-order valence-electron chi connectivity index (χ1n) is 7.06. The van der Waals surface area contributed by atoms with Gasteiger partial charge in [-0.25, -0.2) is 9.97 Å². The lowest BCUT2D eigenvalue weighted by Gasteiger charge is -2.26. The molecular formula is C14H24N4. The molecule has 0 unspecified atom stereocenters. The van der Waals surface area contributed by atoms with E-state index in [-0.39, 0.29) is 0 Å². The number of aromatic nitrogens is 2. The molecule has 0 bridgehead atoms. The summed E-state index contributed by atoms with van der Waals surface area (Å²) in [6.07, 6.45) is 6.53. The maximum absolute atomic E-state index is 5.90. The van der Waals surface area contributed by atoms with Crippen molar-refractivity contribution >= 4 is 11.6 Å². The molecule has 2 rings (SSSR count). The zero-order chi connectivity index (χ0) is 13.0. The first kappa shape index (κ1) is 13.1. The fraction of sp³-hybridized carbons (Fsp3) is 0.714. The van der Waals surface area contributed by atoms with Gasteiger partial charge in [-0.1, -0.05) is 33.1 Å². The highest BCUT2D eigenvalue weighted by Crippen LogP contribution is 2.21. The summed E-state index contributed by atoms with van der Waals surface area (Å²) >= 11 is 0. The van der Waals surface area contributed by atoms with Crippen LogP contribution in [0.4, 0.5) is 11.6 Å². The van der Waals surface area contributed by atoms with E-state index in [0.717, 1.165) is 24.7 Å². The number of hydrogen-bond acceptors (Lipinski definition) is 4. The molecule has 1 fully saturated rings. The van der Waals surface area contributed by atoms with Crippen molar-refractivity contribution in [2.45, 2.75) is 51.9 Å². The standard InChI is InChI=1S/C14H24N4/c1-11(2)14-16-12(15)10-13(17-14)18-8-6-4-3-5-7-9-18/h10-11H,3-9H2,1-2H3,(H2,15,16,17). The van der Waals surface area contributed by atoms with E-state index in [1.807, 2.05) is 6.07 Å². The molecule has 0 aliphatic carbocycles. The zero-order valence-electron chi connectivity index (χ0n) is 11.5. The molecule has 0 saturated carbocycles. The van der Waals surface area contributed by atoms with Crippen molar-refractivity contribution in [3.05, 3.63) is 11.9 Å². The van der Waals surface area contributed by atoms with E-state index in [9.17, 15) is 0 Å². The lowest BCUT2D eigenvalue weighted by molar-refractivity contribution is 0.552. The van der Waals surface area contributed by atoms with Gasteiger partial charge in [-0.15, -0.1) is 0 Å². The van der Waals surface area contributed by atoms with Gasteiger partial charge >= 0.3 is 0 Å². The molecule has 4 nitrogen and oxygen atoms in total. The predicted octanol–water partition coefficient (Wildman–Crippen LogP) is 2.95. The minimum atomic E-state index is 0.321. The summed E-state index contributed by atoms with van der Waals surface area (Å²) in [4.78, 5) is 11.3. The summed E-state index contributed by atoms with van der Waals surface area (Å²) < 4.78 is 0. The minimum absolute atomic E-state index is 0.321. The van der Waals surface area contributed by atoms with Crippen molar-refractivity contribution in [1.82, 2.24) is 9.97 Å². The second kappa shape index (κ2) is 6.03. The third-order valence-electron chi connectivity index (χ3n) is 3.45. The van der Waals surface area contributed by atoms with Crippen LogP contribution in [0.1, 0.15) is 57.7 Å². The molecule has 0 radical (unpaired) electrons. The van der Waals surface area contributed by atoms with Gasteiger partial charge in [-0.2, -0.15) is 0 Å². The van der Waals surface area contributed by atoms with Crippen molar-refractivity contribution in [2.24, 2.45) is 0 Å². The molecule has 1 aromatic heterocycles. The van der Waals surface area contributed by atoms with Crippen LogP contribution in [0, 0.1) is 0 Å². The average molecular weight is 248 g/mol. The fourth-order valence-corrected chi connectivity index (χ4v) is 2.37. The van der Waals surface area contributed by atoms with Crippen LogP contribution in [0.15, 0.2) is 6.07 Å². The van der Waals surface area contributed by atoms with Crippen LogP contribution in [-0.2, 0) is 0 Å². The molecule has 0 spiro atoms. The Bertz CT molecular complexity index is 381. The van der Waals surface area contributed by atoms with E-state index < -0.39 is 0 Å². The summed E-state index contributed by atoms with van der Waals surface area (Å²) in [7, 11) is 0. The Morgan fingerprint density at radius 1 is 1.06 bits per heavy atom. The van der Waals surface area contributed by atoms with E-state index in [4.69, 9.17) is 5.73 Å². The first-order valence-corrected chi connectivity index (χ1v) is 7.06. The average Bonchev–Trinajstić information content (AvgIpc) is 2.27. The number of nitrogens with two attached hydrogens (primary N) is 1. The summed E-state index contributed by atoms with van der Waals surface area (Å²) in [5.41, 5.74) is 5.90. The molecule has 1 aliphatic rings. The van der Waals surface area contributed by atoms with Gasteiger partial charge in [-0.05, 0) is 12.8 Å². The Labute approximate surface area is 110 Å². The van der Waals surface area contributed by atoms with Crippen LogP contribution in [0.3, 0.4) is 0 Å². The minimum Gasteiger partial charge on any atom is -0.384 e. The number of hydrogen-bond donors (Lipinski definition) is 1. The molecule has 1 aliphatic heterocycles. The molecule has 2 heterocycles. The molecule has 1 saturated heterocycles. The second-order valence-corrected chi connectivity index (χ2v) is 5.42. The van der Waals surface area contributed by atoms with Crippen molar-refractivity contribution in [2.75, 3.05) is 23.7 Å². The Hall–Kier alpha value is -1.32. The highest BCUT2D eigenvalue weighted by Gasteiger charge is 2.13. The van der Waals surface area contributed by atoms with E-state index in [1.165, 1.54) is 32.1 Å². The van der Waals surface area contributed by atoms with E-state index in [2.05, 4.69) is 28.7 Å². The van der Waals surface area contributed by atoms with Gasteiger partial charge in [0.05, 0.1) is 0 Å². The van der Waals surface area contributed by atoms with Gasteiger partial charge in [-0.3, -0.25) is 0 Å². The van der Waals surface area contributed by atoms with Gasteiger partial charge in [0, 0.05) is 25.1 Å². The van der Waals surface area contributed by atoms with Gasteiger partial charge in [0.25, 0.3) is 0 Å². The third kappa shape index (κ3) is 3.34. The summed E-state index contributed by atoms with van der Waals surface area (Å²) in [5, 5.41) is 0. The lowest BCUT2D eigenvalue weighted by Crippen LogP contribution is -2.28. The molecule has 18 heavy (non-hydrogen) atoms. The second-order valence-electron chi connectivity index (χ2n) is 5.42. The number of nitrogen functional groups attached to an aromatic ring is 1. The van der Waals surface area contributed by atoms with Gasteiger partial charge in [0.1, 0.15) is 17.5 Å². The van der Waals surface area contributed by atoms with E-state index >= 15 is 0 Å². The van der Waals surface area contributed by atoms with Crippen molar-refractivity contribution in [3.8, 4) is 0 Å². The SMILES string of the molecule is CC(C)c1nc(N)cc(N2CCCCCCC2)n1. The number of rotatable bonds is 2. The zero-order valence-corrected chi connectivity index (χ0v) is 11.5. The molecule has 1 aromatic rings. The quantitative estimate of drug-likeness (QED) is 0.874. The molecule has 0 atom stereocenters. The summed E-state index contributed by atoms with van der Waals surface area (Å²) in [6, 6.07) is 1.91. The van der Waals surface area contributed by atoms with Crippen LogP contribution in [0.25, 0.3) is 0 Å². The van der Waals surface area contributed by atoms with Crippen LogP contribution < -0.4 is 10.6 Å². The highest BCUT2D eigenvalue weighted by molar-refractivity contribution is 5.47. The smallest absolute Gasteiger partial charge is 0.135 e. The predicted molar refractivity (Wildman–Crippen MR) is 75.8 cm³/mol. The van der Waals surface area contributed by atoms with Crippen molar-refractivity contribution in [1.29, 1.82) is 0 Å². The topological polar surface area (TPSA) is 55.0 Å². The Kier molecular flexibility index (Phi) is 4.39. The summed E-state index contributed by atoms with van der Waals surface area (Å²) in [6.45, 7) is 6.39. The Morgan fingerprint density at radius 2 is 1.67 bits per heavy atom. The van der Waals surface area contributed by atoms with Gasteiger partial charge in [0.2, 0.25) is 0 Å². The molecule has 0 amide bonds. The molecular weight excluding hydrogens is 224 g/mol. The summed E-state index contributed by atoms with van der Waals surface area (Å²) in [5.74, 6) is 2.77. The van der Waals surface area contributed by atoms with Crippen LogP contribution in [0.5, 0.6) is 0 Å². The van der Waals surface area contributed by atoms with Crippen LogP contribution in [0.2, 0.25) is 0 Å².